The zero-order valence-corrected chi connectivity index (χ0v) is 11.8. The maximum atomic E-state index is 12.3. The Balaban J connectivity index is 2.16. The first kappa shape index (κ1) is 14.6. The molecular formula is C16H21NO3. The molecule has 1 aliphatic rings. The molecule has 0 unspecified atom stereocenters. The van der Waals surface area contributed by atoms with Crippen LogP contribution in [0.25, 0.3) is 0 Å². The van der Waals surface area contributed by atoms with E-state index in [1.54, 1.807) is 6.07 Å². The minimum atomic E-state index is -1.01. The van der Waals surface area contributed by atoms with Gasteiger partial charge in [-0.3, -0.25) is 4.79 Å². The van der Waals surface area contributed by atoms with Gasteiger partial charge in [0.15, 0.2) is 0 Å². The summed E-state index contributed by atoms with van der Waals surface area (Å²) in [6.45, 7) is 1.81. The smallest absolute Gasteiger partial charge is 0.337 e. The molecule has 1 aromatic rings. The van der Waals surface area contributed by atoms with Crippen LogP contribution in [0.1, 0.15) is 54.4 Å². The van der Waals surface area contributed by atoms with Crippen LogP contribution in [0.3, 0.4) is 0 Å². The molecule has 0 bridgehead atoms. The molecule has 0 saturated heterocycles. The van der Waals surface area contributed by atoms with Crippen molar-refractivity contribution in [3.63, 3.8) is 0 Å². The molecule has 20 heavy (non-hydrogen) atoms. The van der Waals surface area contributed by atoms with E-state index in [2.05, 4.69) is 5.32 Å². The van der Waals surface area contributed by atoms with Crippen LogP contribution in [0, 0.1) is 12.8 Å². The Kier molecular flexibility index (Phi) is 4.77. The highest BCUT2D eigenvalue weighted by molar-refractivity contribution is 6.02. The van der Waals surface area contributed by atoms with Gasteiger partial charge in [-0.05, 0) is 31.4 Å². The van der Waals surface area contributed by atoms with E-state index in [9.17, 15) is 14.7 Å². The Hall–Kier alpha value is -1.84. The van der Waals surface area contributed by atoms with E-state index in [4.69, 9.17) is 0 Å². The van der Waals surface area contributed by atoms with Crippen LogP contribution < -0.4 is 5.32 Å². The predicted octanol–water partition coefficient (Wildman–Crippen LogP) is 3.60. The number of anilines is 1. The van der Waals surface area contributed by atoms with Crippen molar-refractivity contribution in [1.82, 2.24) is 0 Å². The number of amides is 1. The van der Waals surface area contributed by atoms with Gasteiger partial charge in [0.2, 0.25) is 5.91 Å². The number of para-hydroxylation sites is 1. The molecule has 1 aromatic carbocycles. The number of aromatic carboxylic acids is 1. The number of carbonyl (C=O) groups is 2. The molecular weight excluding hydrogens is 254 g/mol. The number of aryl methyl sites for hydroxylation is 1. The minimum absolute atomic E-state index is 0.0127. The van der Waals surface area contributed by atoms with Crippen LogP contribution in [-0.4, -0.2) is 17.0 Å². The summed E-state index contributed by atoms with van der Waals surface area (Å²) in [5.41, 5.74) is 1.38. The fourth-order valence-corrected chi connectivity index (χ4v) is 2.78. The summed E-state index contributed by atoms with van der Waals surface area (Å²) in [4.78, 5) is 23.6. The number of nitrogens with one attached hydrogen (secondary N) is 1. The van der Waals surface area contributed by atoms with Crippen LogP contribution >= 0.6 is 0 Å². The summed E-state index contributed by atoms with van der Waals surface area (Å²) in [6.07, 6.45) is 6.35. The summed E-state index contributed by atoms with van der Waals surface area (Å²) in [5, 5.41) is 12.0. The lowest BCUT2D eigenvalue weighted by molar-refractivity contribution is -0.120. The Morgan fingerprint density at radius 1 is 1.15 bits per heavy atom. The summed E-state index contributed by atoms with van der Waals surface area (Å²) in [5.74, 6) is -1.03. The van der Waals surface area contributed by atoms with Gasteiger partial charge in [0.1, 0.15) is 0 Å². The molecule has 0 radical (unpaired) electrons. The Morgan fingerprint density at radius 3 is 2.40 bits per heavy atom. The van der Waals surface area contributed by atoms with Crippen LogP contribution in [0.5, 0.6) is 0 Å². The lowest BCUT2D eigenvalue weighted by atomic mass is 9.98. The molecule has 1 saturated carbocycles. The number of carboxylic acid groups (broad SMARTS) is 1. The van der Waals surface area contributed by atoms with E-state index < -0.39 is 5.97 Å². The second-order valence-electron chi connectivity index (χ2n) is 5.48. The second-order valence-corrected chi connectivity index (χ2v) is 5.48. The van der Waals surface area contributed by atoms with Gasteiger partial charge < -0.3 is 10.4 Å². The third kappa shape index (κ3) is 3.38. The van der Waals surface area contributed by atoms with Crippen LogP contribution in [0.15, 0.2) is 18.2 Å². The van der Waals surface area contributed by atoms with Crippen LogP contribution in [-0.2, 0) is 4.79 Å². The molecule has 0 aliphatic heterocycles. The highest BCUT2D eigenvalue weighted by Crippen LogP contribution is 2.26. The van der Waals surface area contributed by atoms with Gasteiger partial charge >= 0.3 is 5.97 Å². The quantitative estimate of drug-likeness (QED) is 0.828. The number of carboxylic acids is 1. The van der Waals surface area contributed by atoms with Gasteiger partial charge in [-0.15, -0.1) is 0 Å². The molecule has 2 rings (SSSR count). The monoisotopic (exact) mass is 275 g/mol. The van der Waals surface area contributed by atoms with E-state index in [1.165, 1.54) is 18.9 Å². The SMILES string of the molecule is Cc1cccc(C(=O)O)c1NC(=O)C1CCCCCC1. The van der Waals surface area contributed by atoms with Crippen molar-refractivity contribution in [1.29, 1.82) is 0 Å². The maximum absolute atomic E-state index is 12.3. The average Bonchev–Trinajstić information content (AvgIpc) is 2.69. The van der Waals surface area contributed by atoms with Gasteiger partial charge in [-0.2, -0.15) is 0 Å². The molecule has 2 N–H and O–H groups in total. The summed E-state index contributed by atoms with van der Waals surface area (Å²) < 4.78 is 0. The predicted molar refractivity (Wildman–Crippen MR) is 78.0 cm³/mol. The van der Waals surface area contributed by atoms with Crippen molar-refractivity contribution in [3.8, 4) is 0 Å². The molecule has 4 heteroatoms. The Labute approximate surface area is 119 Å². The molecule has 4 nitrogen and oxygen atoms in total. The Bertz CT molecular complexity index is 502. The number of hydrogen-bond donors (Lipinski definition) is 2. The molecule has 0 spiro atoms. The van der Waals surface area contributed by atoms with E-state index in [1.807, 2.05) is 13.0 Å². The molecule has 1 aliphatic carbocycles. The van der Waals surface area contributed by atoms with Crippen molar-refractivity contribution in [2.24, 2.45) is 5.92 Å². The first-order valence-electron chi connectivity index (χ1n) is 7.23. The van der Waals surface area contributed by atoms with E-state index >= 15 is 0 Å². The van der Waals surface area contributed by atoms with Crippen molar-refractivity contribution >= 4 is 17.6 Å². The number of rotatable bonds is 3. The molecule has 0 atom stereocenters. The molecule has 0 aromatic heterocycles. The molecule has 1 fully saturated rings. The number of carbonyl (C=O) groups excluding carboxylic acids is 1. The number of benzene rings is 1. The zero-order valence-electron chi connectivity index (χ0n) is 11.8. The van der Waals surface area contributed by atoms with E-state index in [0.717, 1.165) is 31.2 Å². The van der Waals surface area contributed by atoms with Gasteiger partial charge in [-0.25, -0.2) is 4.79 Å². The van der Waals surface area contributed by atoms with Gasteiger partial charge in [0, 0.05) is 5.92 Å². The summed E-state index contributed by atoms with van der Waals surface area (Å²) >= 11 is 0. The lowest BCUT2D eigenvalue weighted by Gasteiger charge is -2.17. The topological polar surface area (TPSA) is 66.4 Å². The fraction of sp³-hybridized carbons (Fsp3) is 0.500. The standard InChI is InChI=1S/C16H21NO3/c1-11-7-6-10-13(16(19)20)14(11)17-15(18)12-8-4-2-3-5-9-12/h6-7,10,12H,2-5,8-9H2,1H3,(H,17,18)(H,19,20). The maximum Gasteiger partial charge on any atom is 0.337 e. The average molecular weight is 275 g/mol. The van der Waals surface area contributed by atoms with E-state index in [-0.39, 0.29) is 17.4 Å². The van der Waals surface area contributed by atoms with Gasteiger partial charge in [0.25, 0.3) is 0 Å². The normalized spacial score (nSPS) is 16.4. The van der Waals surface area contributed by atoms with Crippen LogP contribution in [0.2, 0.25) is 0 Å². The first-order chi connectivity index (χ1) is 9.59. The highest BCUT2D eigenvalue weighted by Gasteiger charge is 2.22. The van der Waals surface area contributed by atoms with Gasteiger partial charge in [0.05, 0.1) is 11.3 Å². The fourth-order valence-electron chi connectivity index (χ4n) is 2.78. The molecule has 108 valence electrons. The Morgan fingerprint density at radius 2 is 1.80 bits per heavy atom. The highest BCUT2D eigenvalue weighted by atomic mass is 16.4. The number of hydrogen-bond acceptors (Lipinski definition) is 2. The molecule has 1 amide bonds. The van der Waals surface area contributed by atoms with Crippen molar-refractivity contribution in [3.05, 3.63) is 29.3 Å². The van der Waals surface area contributed by atoms with Crippen molar-refractivity contribution in [2.45, 2.75) is 45.4 Å². The first-order valence-corrected chi connectivity index (χ1v) is 7.23. The third-order valence-electron chi connectivity index (χ3n) is 3.98. The van der Waals surface area contributed by atoms with Crippen molar-refractivity contribution in [2.75, 3.05) is 5.32 Å². The summed E-state index contributed by atoms with van der Waals surface area (Å²) in [7, 11) is 0. The lowest BCUT2D eigenvalue weighted by Crippen LogP contribution is -2.24. The van der Waals surface area contributed by atoms with Crippen LogP contribution in [0.4, 0.5) is 5.69 Å². The second kappa shape index (κ2) is 6.55. The third-order valence-corrected chi connectivity index (χ3v) is 3.98. The minimum Gasteiger partial charge on any atom is -0.478 e. The van der Waals surface area contributed by atoms with E-state index in [0.29, 0.717) is 5.69 Å². The largest absolute Gasteiger partial charge is 0.478 e. The summed E-state index contributed by atoms with van der Waals surface area (Å²) in [6, 6.07) is 5.03. The molecule has 0 heterocycles. The van der Waals surface area contributed by atoms with Crippen molar-refractivity contribution < 1.29 is 14.7 Å². The van der Waals surface area contributed by atoms with Gasteiger partial charge in [-0.1, -0.05) is 37.8 Å². The zero-order chi connectivity index (χ0) is 14.5.